The molecule has 1 aromatic heterocycles. The van der Waals surface area contributed by atoms with E-state index in [2.05, 4.69) is 38.4 Å². The van der Waals surface area contributed by atoms with Crippen LogP contribution in [0.1, 0.15) is 11.9 Å². The van der Waals surface area contributed by atoms with Crippen LogP contribution >= 0.6 is 38.9 Å². The lowest BCUT2D eigenvalue weighted by Crippen LogP contribution is -2.15. The van der Waals surface area contributed by atoms with Crippen molar-refractivity contribution < 1.29 is 0 Å². The smallest absolute Gasteiger partial charge is 0.149 e. The number of nitrogens with zero attached hydrogens (tertiary/aromatic N) is 2. The highest BCUT2D eigenvalue weighted by Crippen LogP contribution is 2.34. The lowest BCUT2D eigenvalue weighted by molar-refractivity contribution is 0.710. The van der Waals surface area contributed by atoms with Gasteiger partial charge in [-0.3, -0.25) is 0 Å². The van der Waals surface area contributed by atoms with Gasteiger partial charge in [0.2, 0.25) is 0 Å². The van der Waals surface area contributed by atoms with E-state index in [4.69, 9.17) is 11.6 Å². The summed E-state index contributed by atoms with van der Waals surface area (Å²) in [6.07, 6.45) is 0.900. The molecule has 0 aliphatic rings. The molecule has 1 heterocycles. The fraction of sp³-hybridized carbons (Fsp3) is 0.333. The minimum absolute atomic E-state index is 0.687. The van der Waals surface area contributed by atoms with Gasteiger partial charge in [-0.2, -0.15) is 0 Å². The number of hydrogen-bond donors (Lipinski definition) is 1. The Hall–Kier alpha value is -0.490. The Bertz CT molecular complexity index is 530. The quantitative estimate of drug-likeness (QED) is 0.837. The molecule has 6 heteroatoms. The standard InChI is InChI=1S/C12H13BrClN3S/c1-2-15-7-6-10-16-17-12(18-10)8-4-3-5-9(13)11(8)14/h3-5,15H,2,6-7H2,1H3. The molecule has 0 aliphatic heterocycles. The summed E-state index contributed by atoms with van der Waals surface area (Å²) in [5, 5.41) is 14.2. The van der Waals surface area contributed by atoms with Crippen molar-refractivity contribution in [3.05, 3.63) is 32.7 Å². The Morgan fingerprint density at radius 2 is 2.22 bits per heavy atom. The highest BCUT2D eigenvalue weighted by molar-refractivity contribution is 9.10. The van der Waals surface area contributed by atoms with Crippen LogP contribution in [0.3, 0.4) is 0 Å². The molecule has 0 atom stereocenters. The fourth-order valence-corrected chi connectivity index (χ4v) is 3.01. The first kappa shape index (κ1) is 13.9. The predicted molar refractivity (Wildman–Crippen MR) is 80.3 cm³/mol. The molecule has 3 nitrogen and oxygen atoms in total. The number of benzene rings is 1. The zero-order valence-electron chi connectivity index (χ0n) is 9.91. The van der Waals surface area contributed by atoms with Gasteiger partial charge in [0, 0.05) is 23.0 Å². The first-order valence-electron chi connectivity index (χ1n) is 5.70. The van der Waals surface area contributed by atoms with Crippen LogP contribution < -0.4 is 5.32 Å². The van der Waals surface area contributed by atoms with Crippen LogP contribution in [0, 0.1) is 0 Å². The van der Waals surface area contributed by atoms with Gasteiger partial charge in [0.15, 0.2) is 0 Å². The summed E-state index contributed by atoms with van der Waals surface area (Å²) < 4.78 is 0.881. The third-order valence-corrected chi connectivity index (χ3v) is 4.73. The van der Waals surface area contributed by atoms with Gasteiger partial charge in [-0.05, 0) is 28.5 Å². The SMILES string of the molecule is CCNCCc1nnc(-c2cccc(Br)c2Cl)s1. The zero-order valence-corrected chi connectivity index (χ0v) is 13.1. The molecular formula is C12H13BrClN3S. The Balaban J connectivity index is 2.16. The molecule has 0 radical (unpaired) electrons. The van der Waals surface area contributed by atoms with E-state index < -0.39 is 0 Å². The van der Waals surface area contributed by atoms with Crippen LogP contribution in [0.2, 0.25) is 5.02 Å². The minimum atomic E-state index is 0.687. The summed E-state index contributed by atoms with van der Waals surface area (Å²) in [7, 11) is 0. The van der Waals surface area contributed by atoms with Gasteiger partial charge in [-0.15, -0.1) is 10.2 Å². The molecule has 2 aromatic rings. The number of nitrogens with one attached hydrogen (secondary N) is 1. The van der Waals surface area contributed by atoms with Crippen LogP contribution in [-0.4, -0.2) is 23.3 Å². The monoisotopic (exact) mass is 345 g/mol. The van der Waals surface area contributed by atoms with Crippen LogP contribution in [0.25, 0.3) is 10.6 Å². The van der Waals surface area contributed by atoms with Gasteiger partial charge in [-0.1, -0.05) is 42.0 Å². The molecular weight excluding hydrogens is 334 g/mol. The van der Waals surface area contributed by atoms with Crippen molar-refractivity contribution in [1.82, 2.24) is 15.5 Å². The van der Waals surface area contributed by atoms with Crippen LogP contribution in [0.5, 0.6) is 0 Å². The lowest BCUT2D eigenvalue weighted by Gasteiger charge is -2.00. The average Bonchev–Trinajstić information content (AvgIpc) is 2.82. The van der Waals surface area contributed by atoms with E-state index in [1.165, 1.54) is 0 Å². The van der Waals surface area contributed by atoms with Crippen molar-refractivity contribution >= 4 is 38.9 Å². The van der Waals surface area contributed by atoms with Crippen LogP contribution in [0.15, 0.2) is 22.7 Å². The van der Waals surface area contributed by atoms with E-state index >= 15 is 0 Å². The van der Waals surface area contributed by atoms with Gasteiger partial charge in [0.05, 0.1) is 5.02 Å². The largest absolute Gasteiger partial charge is 0.317 e. The molecule has 1 aromatic carbocycles. The molecule has 0 fully saturated rings. The van der Waals surface area contributed by atoms with Crippen molar-refractivity contribution in [2.45, 2.75) is 13.3 Å². The second-order valence-electron chi connectivity index (χ2n) is 3.71. The first-order chi connectivity index (χ1) is 8.72. The highest BCUT2D eigenvalue weighted by Gasteiger charge is 2.11. The fourth-order valence-electron chi connectivity index (χ4n) is 1.50. The first-order valence-corrected chi connectivity index (χ1v) is 7.68. The second kappa shape index (κ2) is 6.61. The Kier molecular flexibility index (Phi) is 5.12. The predicted octanol–water partition coefficient (Wildman–Crippen LogP) is 3.77. The van der Waals surface area contributed by atoms with E-state index in [0.29, 0.717) is 5.02 Å². The van der Waals surface area contributed by atoms with Crippen molar-refractivity contribution in [3.8, 4) is 10.6 Å². The summed E-state index contributed by atoms with van der Waals surface area (Å²) in [6.45, 7) is 3.99. The maximum atomic E-state index is 6.24. The molecule has 18 heavy (non-hydrogen) atoms. The summed E-state index contributed by atoms with van der Waals surface area (Å²) in [5.74, 6) is 0. The van der Waals surface area contributed by atoms with E-state index in [1.807, 2.05) is 18.2 Å². The molecule has 0 saturated heterocycles. The van der Waals surface area contributed by atoms with Crippen LogP contribution in [0.4, 0.5) is 0 Å². The molecule has 0 aliphatic carbocycles. The Morgan fingerprint density at radius 1 is 1.39 bits per heavy atom. The second-order valence-corrected chi connectivity index (χ2v) is 6.00. The number of hydrogen-bond acceptors (Lipinski definition) is 4. The summed E-state index contributed by atoms with van der Waals surface area (Å²) in [5.41, 5.74) is 0.929. The number of halogens is 2. The van der Waals surface area contributed by atoms with Gasteiger partial charge in [0.25, 0.3) is 0 Å². The summed E-state index contributed by atoms with van der Waals surface area (Å²) in [4.78, 5) is 0. The maximum Gasteiger partial charge on any atom is 0.149 e. The van der Waals surface area contributed by atoms with Gasteiger partial charge < -0.3 is 5.32 Å². The lowest BCUT2D eigenvalue weighted by atomic mass is 10.2. The minimum Gasteiger partial charge on any atom is -0.317 e. The van der Waals surface area contributed by atoms with Crippen molar-refractivity contribution in [2.24, 2.45) is 0 Å². The molecule has 2 rings (SSSR count). The molecule has 1 N–H and O–H groups in total. The topological polar surface area (TPSA) is 37.8 Å². The van der Waals surface area contributed by atoms with E-state index in [1.54, 1.807) is 11.3 Å². The van der Waals surface area contributed by atoms with Gasteiger partial charge in [-0.25, -0.2) is 0 Å². The summed E-state index contributed by atoms with van der Waals surface area (Å²) >= 11 is 11.3. The van der Waals surface area contributed by atoms with Gasteiger partial charge >= 0.3 is 0 Å². The maximum absolute atomic E-state index is 6.24. The van der Waals surface area contributed by atoms with Crippen molar-refractivity contribution in [2.75, 3.05) is 13.1 Å². The number of aromatic nitrogens is 2. The molecule has 0 bridgehead atoms. The zero-order chi connectivity index (χ0) is 13.0. The molecule has 0 unspecified atom stereocenters. The van der Waals surface area contributed by atoms with Crippen LogP contribution in [-0.2, 0) is 6.42 Å². The van der Waals surface area contributed by atoms with E-state index in [9.17, 15) is 0 Å². The third kappa shape index (κ3) is 3.29. The Morgan fingerprint density at radius 3 is 3.00 bits per heavy atom. The number of likely N-dealkylation sites (N-methyl/N-ethyl adjacent to an activating group) is 1. The van der Waals surface area contributed by atoms with Gasteiger partial charge in [0.1, 0.15) is 10.0 Å². The average molecular weight is 347 g/mol. The molecule has 96 valence electrons. The third-order valence-electron chi connectivity index (χ3n) is 2.41. The number of rotatable bonds is 5. The molecule has 0 spiro atoms. The highest BCUT2D eigenvalue weighted by atomic mass is 79.9. The molecule has 0 amide bonds. The Labute approximate surface area is 124 Å². The van der Waals surface area contributed by atoms with Crippen molar-refractivity contribution in [1.29, 1.82) is 0 Å². The molecule has 0 saturated carbocycles. The summed E-state index contributed by atoms with van der Waals surface area (Å²) in [6, 6.07) is 5.83. The van der Waals surface area contributed by atoms with E-state index in [-0.39, 0.29) is 0 Å². The normalized spacial score (nSPS) is 10.8. The van der Waals surface area contributed by atoms with E-state index in [0.717, 1.165) is 39.6 Å². The van der Waals surface area contributed by atoms with Crippen molar-refractivity contribution in [3.63, 3.8) is 0 Å².